The standard InChI is InChI=1S/C27H33Cl2N5O2S/c1-7-34-25(22(10-15(2)3)30-26(36)20-9-8-19(28)13-21(20)29)32-33-27(34)37-14-23(35)31-24-17(5)11-16(4)12-18(24)6/h8-9,11-13,15,22H,7,10,14H2,1-6H3,(H,30,36)(H,31,35)/t22-/m0/s1. The van der Waals surface area contributed by atoms with Crippen LogP contribution in [0.5, 0.6) is 0 Å². The van der Waals surface area contributed by atoms with Crippen molar-refractivity contribution >= 4 is 52.5 Å². The molecule has 1 heterocycles. The highest BCUT2D eigenvalue weighted by Crippen LogP contribution is 2.28. The number of carbonyl (C=O) groups excluding carboxylic acids is 2. The quantitative estimate of drug-likeness (QED) is 0.266. The molecular formula is C27H33Cl2N5O2S. The van der Waals surface area contributed by atoms with E-state index in [1.807, 2.05) is 32.3 Å². The van der Waals surface area contributed by atoms with Crippen molar-refractivity contribution in [3.8, 4) is 0 Å². The van der Waals surface area contributed by atoms with Gasteiger partial charge < -0.3 is 15.2 Å². The van der Waals surface area contributed by atoms with Gasteiger partial charge in [-0.25, -0.2) is 0 Å². The molecule has 0 fully saturated rings. The minimum absolute atomic E-state index is 0.114. The first-order valence-electron chi connectivity index (χ1n) is 12.2. The van der Waals surface area contributed by atoms with E-state index in [9.17, 15) is 9.59 Å². The number of thioether (sulfide) groups is 1. The first-order valence-corrected chi connectivity index (χ1v) is 13.9. The zero-order chi connectivity index (χ0) is 27.3. The van der Waals surface area contributed by atoms with Gasteiger partial charge in [-0.2, -0.15) is 0 Å². The average molecular weight is 563 g/mol. The number of nitrogens with zero attached hydrogens (tertiary/aromatic N) is 3. The van der Waals surface area contributed by atoms with E-state index in [1.165, 1.54) is 11.8 Å². The molecule has 3 aromatic rings. The Labute approximate surface area is 232 Å². The molecule has 0 aliphatic rings. The molecule has 0 saturated heterocycles. The van der Waals surface area contributed by atoms with Crippen molar-refractivity contribution < 1.29 is 9.59 Å². The Balaban J connectivity index is 1.76. The van der Waals surface area contributed by atoms with Gasteiger partial charge in [-0.1, -0.05) is 66.5 Å². The summed E-state index contributed by atoms with van der Waals surface area (Å²) in [6.45, 7) is 12.8. The fraction of sp³-hybridized carbons (Fsp3) is 0.407. The molecule has 0 radical (unpaired) electrons. The normalized spacial score (nSPS) is 12.0. The fourth-order valence-electron chi connectivity index (χ4n) is 4.25. The summed E-state index contributed by atoms with van der Waals surface area (Å²) in [4.78, 5) is 25.8. The van der Waals surface area contributed by atoms with Crippen molar-refractivity contribution in [2.24, 2.45) is 5.92 Å². The van der Waals surface area contributed by atoms with Crippen molar-refractivity contribution in [1.29, 1.82) is 0 Å². The molecule has 0 spiro atoms. The number of rotatable bonds is 10. The zero-order valence-corrected chi connectivity index (χ0v) is 24.3. The predicted molar refractivity (Wildman–Crippen MR) is 152 cm³/mol. The van der Waals surface area contributed by atoms with Gasteiger partial charge in [0.2, 0.25) is 5.91 Å². The molecule has 1 aromatic heterocycles. The van der Waals surface area contributed by atoms with E-state index in [-0.39, 0.29) is 34.5 Å². The number of hydrogen-bond acceptors (Lipinski definition) is 5. The highest BCUT2D eigenvalue weighted by atomic mass is 35.5. The Bertz CT molecular complexity index is 1270. The Hall–Kier alpha value is -2.55. The van der Waals surface area contributed by atoms with Crippen LogP contribution in [0.1, 0.15) is 66.1 Å². The molecule has 2 aromatic carbocycles. The summed E-state index contributed by atoms with van der Waals surface area (Å²) in [5.74, 6) is 0.692. The van der Waals surface area contributed by atoms with E-state index >= 15 is 0 Å². The second kappa shape index (κ2) is 12.8. The highest BCUT2D eigenvalue weighted by Gasteiger charge is 2.25. The molecule has 7 nitrogen and oxygen atoms in total. The maximum absolute atomic E-state index is 13.1. The lowest BCUT2D eigenvalue weighted by Gasteiger charge is -2.21. The van der Waals surface area contributed by atoms with Crippen LogP contribution in [0.2, 0.25) is 10.0 Å². The van der Waals surface area contributed by atoms with E-state index in [1.54, 1.807) is 18.2 Å². The van der Waals surface area contributed by atoms with E-state index in [4.69, 9.17) is 23.2 Å². The molecule has 198 valence electrons. The van der Waals surface area contributed by atoms with Crippen LogP contribution in [0.3, 0.4) is 0 Å². The van der Waals surface area contributed by atoms with Gasteiger partial charge in [0, 0.05) is 17.3 Å². The second-order valence-electron chi connectivity index (χ2n) is 9.48. The monoisotopic (exact) mass is 561 g/mol. The first-order chi connectivity index (χ1) is 17.5. The van der Waals surface area contributed by atoms with Crippen LogP contribution in [-0.4, -0.2) is 32.3 Å². The number of aromatic nitrogens is 3. The number of aryl methyl sites for hydroxylation is 3. The topological polar surface area (TPSA) is 88.9 Å². The molecule has 0 saturated carbocycles. The van der Waals surface area contributed by atoms with Gasteiger partial charge >= 0.3 is 0 Å². The summed E-state index contributed by atoms with van der Waals surface area (Å²) >= 11 is 13.6. The number of carbonyl (C=O) groups is 2. The molecule has 37 heavy (non-hydrogen) atoms. The molecular weight excluding hydrogens is 529 g/mol. The van der Waals surface area contributed by atoms with Crippen molar-refractivity contribution in [1.82, 2.24) is 20.1 Å². The predicted octanol–water partition coefficient (Wildman–Crippen LogP) is 6.78. The van der Waals surface area contributed by atoms with Crippen LogP contribution >= 0.6 is 35.0 Å². The van der Waals surface area contributed by atoms with E-state index in [0.717, 1.165) is 22.4 Å². The van der Waals surface area contributed by atoms with Crippen LogP contribution in [0, 0.1) is 26.7 Å². The molecule has 2 N–H and O–H groups in total. The third kappa shape index (κ3) is 7.49. The minimum Gasteiger partial charge on any atom is -0.342 e. The highest BCUT2D eigenvalue weighted by molar-refractivity contribution is 7.99. The lowest BCUT2D eigenvalue weighted by atomic mass is 10.0. The average Bonchev–Trinajstić information content (AvgIpc) is 3.22. The van der Waals surface area contributed by atoms with Crippen molar-refractivity contribution in [3.63, 3.8) is 0 Å². The van der Waals surface area contributed by atoms with Crippen molar-refractivity contribution in [3.05, 3.63) is 68.5 Å². The summed E-state index contributed by atoms with van der Waals surface area (Å²) in [5, 5.41) is 16.2. The van der Waals surface area contributed by atoms with E-state index < -0.39 is 0 Å². The number of amides is 2. The third-order valence-corrected chi connectivity index (χ3v) is 7.35. The molecule has 10 heteroatoms. The molecule has 1 atom stereocenters. The Morgan fingerprint density at radius 1 is 1.05 bits per heavy atom. The molecule has 2 amide bonds. The molecule has 0 bridgehead atoms. The summed E-state index contributed by atoms with van der Waals surface area (Å²) < 4.78 is 1.94. The van der Waals surface area contributed by atoms with E-state index in [2.05, 4.69) is 46.8 Å². The van der Waals surface area contributed by atoms with Gasteiger partial charge in [0.05, 0.1) is 22.4 Å². The summed E-state index contributed by atoms with van der Waals surface area (Å²) in [6, 6.07) is 8.50. The Morgan fingerprint density at radius 2 is 1.73 bits per heavy atom. The lowest BCUT2D eigenvalue weighted by molar-refractivity contribution is -0.113. The Kier molecular flexibility index (Phi) is 10.0. The number of halogens is 2. The van der Waals surface area contributed by atoms with Crippen LogP contribution in [-0.2, 0) is 11.3 Å². The summed E-state index contributed by atoms with van der Waals surface area (Å²) in [6.07, 6.45) is 0.659. The smallest absolute Gasteiger partial charge is 0.253 e. The van der Waals surface area contributed by atoms with Crippen molar-refractivity contribution in [2.45, 2.75) is 65.7 Å². The second-order valence-corrected chi connectivity index (χ2v) is 11.3. The maximum atomic E-state index is 13.1. The number of nitrogens with one attached hydrogen (secondary N) is 2. The van der Waals surface area contributed by atoms with Gasteiger partial charge in [0.1, 0.15) is 0 Å². The van der Waals surface area contributed by atoms with E-state index in [0.29, 0.717) is 34.5 Å². The van der Waals surface area contributed by atoms with Gasteiger partial charge in [-0.05, 0) is 69.4 Å². The number of benzene rings is 2. The van der Waals surface area contributed by atoms with Crippen LogP contribution < -0.4 is 10.6 Å². The molecule has 0 unspecified atom stereocenters. The zero-order valence-electron chi connectivity index (χ0n) is 22.0. The number of anilines is 1. The molecule has 0 aliphatic heterocycles. The lowest BCUT2D eigenvalue weighted by Crippen LogP contribution is -2.32. The summed E-state index contributed by atoms with van der Waals surface area (Å²) in [5.41, 5.74) is 4.41. The summed E-state index contributed by atoms with van der Waals surface area (Å²) in [7, 11) is 0. The van der Waals surface area contributed by atoms with Gasteiger partial charge in [-0.15, -0.1) is 10.2 Å². The first kappa shape index (κ1) is 29.0. The Morgan fingerprint density at radius 3 is 2.32 bits per heavy atom. The van der Waals surface area contributed by atoms with Gasteiger partial charge in [0.15, 0.2) is 11.0 Å². The molecule has 0 aliphatic carbocycles. The number of hydrogen-bond donors (Lipinski definition) is 2. The maximum Gasteiger partial charge on any atom is 0.253 e. The van der Waals surface area contributed by atoms with Crippen LogP contribution in [0.25, 0.3) is 0 Å². The van der Waals surface area contributed by atoms with Crippen LogP contribution in [0.15, 0.2) is 35.5 Å². The van der Waals surface area contributed by atoms with Gasteiger partial charge in [0.25, 0.3) is 5.91 Å². The fourth-order valence-corrected chi connectivity index (χ4v) is 5.56. The third-order valence-electron chi connectivity index (χ3n) is 5.84. The SMILES string of the molecule is CCn1c(SCC(=O)Nc2c(C)cc(C)cc2C)nnc1[C@H](CC(C)C)NC(=O)c1ccc(Cl)cc1Cl. The minimum atomic E-state index is -0.382. The van der Waals surface area contributed by atoms with Crippen molar-refractivity contribution in [2.75, 3.05) is 11.1 Å². The van der Waals surface area contributed by atoms with Crippen LogP contribution in [0.4, 0.5) is 5.69 Å². The molecule has 3 rings (SSSR count). The largest absolute Gasteiger partial charge is 0.342 e. The van der Waals surface area contributed by atoms with Gasteiger partial charge in [-0.3, -0.25) is 9.59 Å².